The van der Waals surface area contributed by atoms with Crippen molar-refractivity contribution in [3.05, 3.63) is 29.3 Å². The number of rotatable bonds is 2. The molecular formula is C21H29N3O2. The van der Waals surface area contributed by atoms with Gasteiger partial charge in [-0.05, 0) is 50.3 Å². The second kappa shape index (κ2) is 7.29. The van der Waals surface area contributed by atoms with Crippen LogP contribution in [0.25, 0.3) is 0 Å². The van der Waals surface area contributed by atoms with Gasteiger partial charge in [-0.1, -0.05) is 25.7 Å². The summed E-state index contributed by atoms with van der Waals surface area (Å²) in [5, 5.41) is 3.18. The number of hydrogen-bond acceptors (Lipinski definition) is 3. The Hall–Kier alpha value is -2.04. The van der Waals surface area contributed by atoms with Crippen LogP contribution in [0.15, 0.2) is 18.2 Å². The van der Waals surface area contributed by atoms with Crippen LogP contribution >= 0.6 is 0 Å². The summed E-state index contributed by atoms with van der Waals surface area (Å²) in [4.78, 5) is 29.9. The molecule has 1 aromatic carbocycles. The van der Waals surface area contributed by atoms with Crippen LogP contribution in [0.2, 0.25) is 0 Å². The molecule has 0 aromatic heterocycles. The van der Waals surface area contributed by atoms with Crippen LogP contribution in [0.4, 0.5) is 5.69 Å². The molecule has 1 saturated heterocycles. The number of amides is 2. The predicted octanol–water partition coefficient (Wildman–Crippen LogP) is 3.54. The van der Waals surface area contributed by atoms with Crippen molar-refractivity contribution in [2.75, 3.05) is 18.5 Å². The summed E-state index contributed by atoms with van der Waals surface area (Å²) in [6.45, 7) is 0.831. The summed E-state index contributed by atoms with van der Waals surface area (Å²) in [5.74, 6) is 0.105. The van der Waals surface area contributed by atoms with Crippen molar-refractivity contribution in [2.24, 2.45) is 0 Å². The molecule has 1 aliphatic carbocycles. The first-order valence-corrected chi connectivity index (χ1v) is 10.1. The SMILES string of the molecule is CN1c2cc(C(=O)NC3CCCCC3)ccc2C(=O)N2CCCCC[C@@H]21. The number of nitrogens with one attached hydrogen (secondary N) is 1. The molecule has 140 valence electrons. The van der Waals surface area contributed by atoms with Gasteiger partial charge in [0.1, 0.15) is 6.17 Å². The van der Waals surface area contributed by atoms with Gasteiger partial charge in [-0.15, -0.1) is 0 Å². The highest BCUT2D eigenvalue weighted by molar-refractivity contribution is 6.04. The number of carbonyl (C=O) groups excluding carboxylic acids is 2. The van der Waals surface area contributed by atoms with E-state index in [0.29, 0.717) is 11.6 Å². The fraction of sp³-hybridized carbons (Fsp3) is 0.619. The van der Waals surface area contributed by atoms with E-state index in [1.165, 1.54) is 25.7 Å². The third kappa shape index (κ3) is 3.19. The van der Waals surface area contributed by atoms with Crippen LogP contribution in [-0.4, -0.2) is 42.5 Å². The van der Waals surface area contributed by atoms with Crippen molar-refractivity contribution in [1.82, 2.24) is 10.2 Å². The van der Waals surface area contributed by atoms with Crippen LogP contribution in [0.3, 0.4) is 0 Å². The van der Waals surface area contributed by atoms with Crippen LogP contribution in [0.1, 0.15) is 78.5 Å². The van der Waals surface area contributed by atoms with Gasteiger partial charge in [-0.25, -0.2) is 0 Å². The lowest BCUT2D eigenvalue weighted by atomic mass is 9.95. The second-order valence-corrected chi connectivity index (χ2v) is 7.98. The first-order chi connectivity index (χ1) is 12.6. The monoisotopic (exact) mass is 355 g/mol. The minimum absolute atomic E-state index is 0.0103. The normalized spacial score (nSPS) is 23.9. The zero-order chi connectivity index (χ0) is 18.1. The first-order valence-electron chi connectivity index (χ1n) is 10.1. The molecule has 0 radical (unpaired) electrons. The molecule has 5 heteroatoms. The minimum Gasteiger partial charge on any atom is -0.354 e. The van der Waals surface area contributed by atoms with Crippen LogP contribution < -0.4 is 10.2 Å². The molecule has 0 bridgehead atoms. The highest BCUT2D eigenvalue weighted by Crippen LogP contribution is 2.34. The number of anilines is 1. The number of fused-ring (bicyclic) bond motifs is 2. The van der Waals surface area contributed by atoms with Crippen LogP contribution in [-0.2, 0) is 0 Å². The zero-order valence-electron chi connectivity index (χ0n) is 15.7. The quantitative estimate of drug-likeness (QED) is 0.883. The van der Waals surface area contributed by atoms with Gasteiger partial charge >= 0.3 is 0 Å². The Morgan fingerprint density at radius 3 is 2.58 bits per heavy atom. The number of benzene rings is 1. The van der Waals surface area contributed by atoms with E-state index in [9.17, 15) is 9.59 Å². The molecule has 0 spiro atoms. The average molecular weight is 355 g/mol. The van der Waals surface area contributed by atoms with E-state index in [2.05, 4.69) is 17.3 Å². The Morgan fingerprint density at radius 1 is 1.04 bits per heavy atom. The van der Waals surface area contributed by atoms with Crippen molar-refractivity contribution >= 4 is 17.5 Å². The number of hydrogen-bond donors (Lipinski definition) is 1. The van der Waals surface area contributed by atoms with Gasteiger partial charge in [-0.2, -0.15) is 0 Å². The minimum atomic E-state index is -0.0103. The fourth-order valence-electron chi connectivity index (χ4n) is 4.71. The second-order valence-electron chi connectivity index (χ2n) is 7.98. The Kier molecular flexibility index (Phi) is 4.88. The molecule has 0 unspecified atom stereocenters. The van der Waals surface area contributed by atoms with Gasteiger partial charge in [0.2, 0.25) is 0 Å². The molecule has 1 N–H and O–H groups in total. The van der Waals surface area contributed by atoms with E-state index in [0.717, 1.165) is 49.9 Å². The lowest BCUT2D eigenvalue weighted by Gasteiger charge is -2.43. The molecule has 2 fully saturated rings. The lowest BCUT2D eigenvalue weighted by molar-refractivity contribution is 0.0661. The van der Waals surface area contributed by atoms with Crippen molar-refractivity contribution in [1.29, 1.82) is 0 Å². The molecule has 1 saturated carbocycles. The number of carbonyl (C=O) groups is 2. The van der Waals surface area contributed by atoms with E-state index < -0.39 is 0 Å². The molecule has 2 heterocycles. The summed E-state index contributed by atoms with van der Waals surface area (Å²) in [7, 11) is 2.05. The van der Waals surface area contributed by atoms with Crippen molar-refractivity contribution in [3.8, 4) is 0 Å². The lowest BCUT2D eigenvalue weighted by Crippen LogP contribution is -2.53. The average Bonchev–Trinajstić information content (AvgIpc) is 2.93. The van der Waals surface area contributed by atoms with Crippen molar-refractivity contribution in [2.45, 2.75) is 70.0 Å². The maximum Gasteiger partial charge on any atom is 0.257 e. The van der Waals surface area contributed by atoms with Gasteiger partial charge in [-0.3, -0.25) is 9.59 Å². The van der Waals surface area contributed by atoms with Crippen molar-refractivity contribution < 1.29 is 9.59 Å². The summed E-state index contributed by atoms with van der Waals surface area (Å²) < 4.78 is 0. The highest BCUT2D eigenvalue weighted by Gasteiger charge is 2.36. The fourth-order valence-corrected chi connectivity index (χ4v) is 4.71. The van der Waals surface area contributed by atoms with E-state index in [-0.39, 0.29) is 18.0 Å². The van der Waals surface area contributed by atoms with E-state index >= 15 is 0 Å². The third-order valence-electron chi connectivity index (χ3n) is 6.24. The van der Waals surface area contributed by atoms with Gasteiger partial charge in [0.15, 0.2) is 0 Å². The summed E-state index contributed by atoms with van der Waals surface area (Å²) in [6.07, 6.45) is 10.3. The standard InChI is InChI=1S/C21H29N3O2/c1-23-18-14-15(20(25)22-16-8-4-2-5-9-16)11-12-17(18)21(26)24-13-7-3-6-10-19(23)24/h11-12,14,16,19H,2-10,13H2,1H3,(H,22,25)/t19-/m1/s1. The Bertz CT molecular complexity index is 696. The largest absolute Gasteiger partial charge is 0.354 e. The van der Waals surface area contributed by atoms with Gasteiger partial charge in [0.25, 0.3) is 11.8 Å². The van der Waals surface area contributed by atoms with Crippen LogP contribution in [0, 0.1) is 0 Å². The maximum absolute atomic E-state index is 12.9. The summed E-state index contributed by atoms with van der Waals surface area (Å²) in [5.41, 5.74) is 2.28. The zero-order valence-corrected chi connectivity index (χ0v) is 15.7. The van der Waals surface area contributed by atoms with Gasteiger partial charge in [0.05, 0.1) is 11.3 Å². The Balaban J connectivity index is 1.58. The van der Waals surface area contributed by atoms with Crippen LogP contribution in [0.5, 0.6) is 0 Å². The van der Waals surface area contributed by atoms with Crippen molar-refractivity contribution in [3.63, 3.8) is 0 Å². The van der Waals surface area contributed by atoms with E-state index in [1.54, 1.807) is 6.07 Å². The molecule has 2 amide bonds. The van der Waals surface area contributed by atoms with Gasteiger partial charge < -0.3 is 15.1 Å². The molecule has 3 aliphatic rings. The topological polar surface area (TPSA) is 52.7 Å². The molecule has 2 aliphatic heterocycles. The highest BCUT2D eigenvalue weighted by atomic mass is 16.2. The molecule has 5 nitrogen and oxygen atoms in total. The molecular weight excluding hydrogens is 326 g/mol. The maximum atomic E-state index is 12.9. The molecule has 26 heavy (non-hydrogen) atoms. The molecule has 4 rings (SSSR count). The first kappa shape index (κ1) is 17.4. The Morgan fingerprint density at radius 2 is 1.77 bits per heavy atom. The summed E-state index contributed by atoms with van der Waals surface area (Å²) in [6, 6.07) is 5.85. The van der Waals surface area contributed by atoms with E-state index in [4.69, 9.17) is 0 Å². The predicted molar refractivity (Wildman–Crippen MR) is 102 cm³/mol. The number of nitrogens with zero attached hydrogens (tertiary/aromatic N) is 2. The van der Waals surface area contributed by atoms with Gasteiger partial charge in [0, 0.05) is 25.2 Å². The smallest absolute Gasteiger partial charge is 0.257 e. The van der Waals surface area contributed by atoms with E-state index in [1.807, 2.05) is 17.0 Å². The molecule has 1 aromatic rings. The summed E-state index contributed by atoms with van der Waals surface area (Å²) >= 11 is 0. The molecule has 1 atom stereocenters. The Labute approximate surface area is 155 Å². The third-order valence-corrected chi connectivity index (χ3v) is 6.24.